The Morgan fingerprint density at radius 1 is 0.475 bits per heavy atom. The molecule has 0 unspecified atom stereocenters. The predicted octanol–water partition coefficient (Wildman–Crippen LogP) is 12.6. The summed E-state index contributed by atoms with van der Waals surface area (Å²) >= 11 is 12.6. The highest BCUT2D eigenvalue weighted by molar-refractivity contribution is 6.32. The Kier molecular flexibility index (Phi) is 26.6. The molecule has 3 fully saturated rings. The minimum absolute atomic E-state index is 0.0218. The molecule has 2 atom stereocenters. The lowest BCUT2D eigenvalue weighted by Gasteiger charge is -2.32. The number of rotatable bonds is 22. The molecule has 9 aromatic rings. The summed E-state index contributed by atoms with van der Waals surface area (Å²) in [5, 5.41) is 19.0. The Morgan fingerprint density at radius 2 is 0.892 bits per heavy atom. The molecule has 3 saturated heterocycles. The summed E-state index contributed by atoms with van der Waals surface area (Å²) in [4.78, 5) is 116. The van der Waals surface area contributed by atoms with Crippen LogP contribution in [0.3, 0.4) is 0 Å². The van der Waals surface area contributed by atoms with Gasteiger partial charge in [0.1, 0.15) is 62.1 Å². The third kappa shape index (κ3) is 19.8. The average Bonchev–Trinajstić information content (AvgIpc) is 1.64. The summed E-state index contributed by atoms with van der Waals surface area (Å²) in [5.41, 5.74) is 3.57. The smallest absolute Gasteiger partial charge is 0.423 e. The summed E-state index contributed by atoms with van der Waals surface area (Å²) in [7, 11) is 14.9. The highest BCUT2D eigenvalue weighted by Gasteiger charge is 2.39. The van der Waals surface area contributed by atoms with E-state index in [0.717, 1.165) is 69.1 Å². The lowest BCUT2D eigenvalue weighted by molar-refractivity contribution is -0.139. The van der Waals surface area contributed by atoms with E-state index in [-0.39, 0.29) is 140 Å². The standard InChI is InChI=1S/C28H28F4N6O4.C27H28ClFN6O5.C27H29ClN6O4/c1-37-10-9-19(18(29)14-37)34-24(39)15-7-8-20(22(11-15)41-3)35-27-33-12-17(28(30,31)32)25(36-27)42-21-6-4-5-16-13-38(2)26(40)23(16)21;1-34-9-7-16(8-10-34)31-24(36)17-11-22(38-2)20(12-19(17)29)32-27-30-13-18(28)25(33-27)40-21-6-4-5-15-14-35(39-3)26(37)23(15)21;1-33-11-9-18(10-12-33)30-24(35)16-7-8-20(22(13-16)37-3)31-27-29-14-19(28)25(32-27)38-21-6-4-5-17-15-34(2)26(36)23(17)21/h4-8,11-12,18-19H,9-10,13-14H2,1-3H3,(H,34,39)(H,33,35,36);4-6,11-13,16H,7-10,14H2,1-3H3,(H,31,36)(H,30,32,33);4-8,13-14,18H,9-12,15H2,1-3H3,(H,30,35)(H,29,31,32)/t18-,19+;;/m1../s1. The van der Waals surface area contributed by atoms with Crippen molar-refractivity contribution >= 4 is 93.6 Å². The van der Waals surface area contributed by atoms with Crippen molar-refractivity contribution in [2.45, 2.75) is 82.2 Å². The van der Waals surface area contributed by atoms with E-state index >= 15 is 4.39 Å². The molecule has 3 aromatic heterocycles. The van der Waals surface area contributed by atoms with Crippen molar-refractivity contribution in [1.29, 1.82) is 0 Å². The molecule has 31 nitrogen and oxygen atoms in total. The van der Waals surface area contributed by atoms with Crippen LogP contribution in [-0.2, 0) is 30.6 Å². The first-order valence-electron chi connectivity index (χ1n) is 38.0. The van der Waals surface area contributed by atoms with E-state index in [2.05, 4.69) is 78.7 Å². The Morgan fingerprint density at radius 3 is 1.36 bits per heavy atom. The molecule has 0 aliphatic carbocycles. The number of carbonyl (C=O) groups excluding carboxylic acids is 6. The Hall–Kier alpha value is -12.4. The number of carbonyl (C=O) groups is 6. The normalized spacial score (nSPS) is 16.8. The zero-order valence-electron chi connectivity index (χ0n) is 66.6. The zero-order chi connectivity index (χ0) is 85.4. The van der Waals surface area contributed by atoms with Crippen LogP contribution in [0.4, 0.5) is 56.9 Å². The first kappa shape index (κ1) is 85.5. The maximum Gasteiger partial charge on any atom is 0.423 e. The maximum atomic E-state index is 15.1. The van der Waals surface area contributed by atoms with Crippen molar-refractivity contribution in [1.82, 2.24) is 75.4 Å². The number of nitrogens with zero attached hydrogens (tertiary/aromatic N) is 12. The van der Waals surface area contributed by atoms with Crippen LogP contribution < -0.4 is 60.3 Å². The molecule has 9 heterocycles. The molecule has 6 aliphatic rings. The van der Waals surface area contributed by atoms with Crippen molar-refractivity contribution in [2.24, 2.45) is 0 Å². The van der Waals surface area contributed by atoms with E-state index in [0.29, 0.717) is 71.7 Å². The van der Waals surface area contributed by atoms with E-state index in [1.165, 1.54) is 81.1 Å². The van der Waals surface area contributed by atoms with Crippen LogP contribution in [0.1, 0.15) is 117 Å². The maximum absolute atomic E-state index is 15.1. The monoisotopic (exact) mass is 1690 g/mol. The fraction of sp³-hybridized carbons (Fsp3) is 0.341. The zero-order valence-corrected chi connectivity index (χ0v) is 68.1. The molecule has 120 heavy (non-hydrogen) atoms. The molecule has 15 rings (SSSR count). The number of amides is 6. The molecule has 38 heteroatoms. The molecule has 0 bridgehead atoms. The second kappa shape index (κ2) is 37.3. The lowest BCUT2D eigenvalue weighted by atomic mass is 10.0. The number of nitrogens with one attached hydrogen (secondary N) is 6. The average molecular weight is 1700 g/mol. The number of hydrogen-bond donors (Lipinski definition) is 6. The first-order chi connectivity index (χ1) is 57.5. The van der Waals surface area contributed by atoms with E-state index in [9.17, 15) is 46.3 Å². The van der Waals surface area contributed by atoms with Gasteiger partial charge in [0.25, 0.3) is 35.4 Å². The molecule has 0 saturated carbocycles. The van der Waals surface area contributed by atoms with Gasteiger partial charge in [-0.3, -0.25) is 33.6 Å². The van der Waals surface area contributed by atoms with Gasteiger partial charge in [-0.1, -0.05) is 59.6 Å². The largest absolute Gasteiger partial charge is 0.495 e. The van der Waals surface area contributed by atoms with Crippen molar-refractivity contribution in [2.75, 3.05) is 119 Å². The van der Waals surface area contributed by atoms with Gasteiger partial charge in [-0.2, -0.15) is 28.1 Å². The third-order valence-electron chi connectivity index (χ3n) is 20.7. The van der Waals surface area contributed by atoms with Crippen LogP contribution in [0.2, 0.25) is 10.0 Å². The SMILES string of the molecule is COc1cc(C(=O)NC2CCN(C)CC2)c(F)cc1Nc1ncc(Cl)c(Oc2cccc3c2C(=O)N(OC)C3)n1.COc1cc(C(=O)NC2CCN(C)CC2)ccc1Nc1ncc(Cl)c(Oc2cccc3c2C(=O)N(C)C3)n1.COc1cc(C(=O)N[C@H]2CCN(C)C[C@H]2F)ccc1Nc1ncc(C(F)(F)F)c(Oc2cccc3c2C(=O)N(C)C3)n1. The van der Waals surface area contributed by atoms with Gasteiger partial charge in [-0.25, -0.2) is 28.8 Å². The third-order valence-corrected chi connectivity index (χ3v) is 21.2. The Balaban J connectivity index is 0.000000156. The molecular weight excluding hydrogens is 1610 g/mol. The molecule has 630 valence electrons. The van der Waals surface area contributed by atoms with Gasteiger partial charge in [0.2, 0.25) is 35.5 Å². The Bertz CT molecular complexity index is 5380. The van der Waals surface area contributed by atoms with Gasteiger partial charge >= 0.3 is 6.18 Å². The number of ether oxygens (including phenoxy) is 6. The first-order valence-corrected chi connectivity index (χ1v) is 38.7. The van der Waals surface area contributed by atoms with Gasteiger partial charge in [0.05, 0.1) is 92.7 Å². The van der Waals surface area contributed by atoms with Crippen molar-refractivity contribution in [3.63, 3.8) is 0 Å². The van der Waals surface area contributed by atoms with Crippen LogP contribution in [0.25, 0.3) is 0 Å². The number of piperidine rings is 3. The highest BCUT2D eigenvalue weighted by Crippen LogP contribution is 2.43. The minimum Gasteiger partial charge on any atom is -0.495 e. The van der Waals surface area contributed by atoms with Crippen LogP contribution >= 0.6 is 23.2 Å². The molecule has 6 amide bonds. The summed E-state index contributed by atoms with van der Waals surface area (Å²) in [6.45, 7) is 5.61. The second-order valence-corrected chi connectivity index (χ2v) is 29.9. The van der Waals surface area contributed by atoms with E-state index in [1.807, 2.05) is 31.1 Å². The van der Waals surface area contributed by atoms with Gasteiger partial charge in [0, 0.05) is 75.7 Å². The van der Waals surface area contributed by atoms with Gasteiger partial charge < -0.3 is 84.8 Å². The number of methoxy groups -OCH3 is 3. The van der Waals surface area contributed by atoms with Crippen LogP contribution in [0, 0.1) is 5.82 Å². The number of fused-ring (bicyclic) bond motifs is 3. The molecule has 6 aliphatic heterocycles. The second-order valence-electron chi connectivity index (χ2n) is 29.1. The molecule has 6 N–H and O–H groups in total. The summed E-state index contributed by atoms with van der Waals surface area (Å²) in [6.07, 6.45) is 1.15. The fourth-order valence-corrected chi connectivity index (χ4v) is 14.4. The van der Waals surface area contributed by atoms with Crippen LogP contribution in [-0.4, -0.2) is 222 Å². The number of hydrogen-bond acceptors (Lipinski definition) is 25. The predicted molar refractivity (Wildman–Crippen MR) is 432 cm³/mol. The number of aromatic nitrogens is 6. The molecule has 0 radical (unpaired) electrons. The van der Waals surface area contributed by atoms with Crippen molar-refractivity contribution in [3.05, 3.63) is 193 Å². The number of alkyl halides is 4. The van der Waals surface area contributed by atoms with E-state index in [1.54, 1.807) is 73.6 Å². The van der Waals surface area contributed by atoms with Crippen molar-refractivity contribution in [3.8, 4) is 52.1 Å². The van der Waals surface area contributed by atoms with Gasteiger partial charge in [0.15, 0.2) is 0 Å². The summed E-state index contributed by atoms with van der Waals surface area (Å²) in [5.74, 6) is -2.07. The van der Waals surface area contributed by atoms with Crippen LogP contribution in [0.15, 0.2) is 122 Å². The fourth-order valence-electron chi connectivity index (χ4n) is 14.2. The number of likely N-dealkylation sites (tertiary alicyclic amines) is 3. The number of halogens is 7. The number of anilines is 6. The van der Waals surface area contributed by atoms with Crippen LogP contribution in [0.5, 0.6) is 52.1 Å². The molecule has 0 spiro atoms. The molecular formula is C82H85Cl2F5N18O13. The molecule has 6 aromatic carbocycles. The lowest BCUT2D eigenvalue weighted by Crippen LogP contribution is -2.51. The minimum atomic E-state index is -4.84. The van der Waals surface area contributed by atoms with Crippen molar-refractivity contribution < 1.29 is 84.0 Å². The highest BCUT2D eigenvalue weighted by atomic mass is 35.5. The summed E-state index contributed by atoms with van der Waals surface area (Å²) in [6, 6.07) is 26.7. The topological polar surface area (TPSA) is 336 Å². The van der Waals surface area contributed by atoms with E-state index < -0.39 is 47.5 Å². The number of benzene rings is 6. The Labute approximate surface area is 696 Å². The van der Waals surface area contributed by atoms with Gasteiger partial charge in [-0.15, -0.1) is 0 Å². The quantitative estimate of drug-likeness (QED) is 0.0343. The summed E-state index contributed by atoms with van der Waals surface area (Å²) < 4.78 is 105. The number of hydroxylamine groups is 2. The van der Waals surface area contributed by atoms with E-state index in [4.69, 9.17) is 56.5 Å². The van der Waals surface area contributed by atoms with Gasteiger partial charge in [-0.05, 0) is 157 Å².